The van der Waals surface area contributed by atoms with Crippen molar-refractivity contribution in [2.24, 2.45) is 29.6 Å². The first-order valence-corrected chi connectivity index (χ1v) is 16.6. The van der Waals surface area contributed by atoms with E-state index in [-0.39, 0.29) is 39.5 Å². The molecule has 0 radical (unpaired) electrons. The fraction of sp³-hybridized carbons (Fsp3) is 0.303. The summed E-state index contributed by atoms with van der Waals surface area (Å²) in [6.45, 7) is 0.301. The van der Waals surface area contributed by atoms with Gasteiger partial charge < -0.3 is 9.72 Å². The second kappa shape index (κ2) is 10.5. The Balaban J connectivity index is 1.17. The summed E-state index contributed by atoms with van der Waals surface area (Å²) in [4.78, 5) is 45.2. The number of aromatic nitrogens is 1. The SMILES string of the molecule is O=C1C2C(C(=O)N1c1cccc(C(F)(F)F)c1)[C@@H]1C[C@H]2C2Sc3[nH]c(=O)sc3C(c3ccccc3OCc3ccc(Cl)cc3)C21. The number of fused-ring (bicyclic) bond motifs is 9. The fourth-order valence-corrected chi connectivity index (χ4v) is 11.1. The quantitative estimate of drug-likeness (QED) is 0.225. The highest BCUT2D eigenvalue weighted by molar-refractivity contribution is 8.00. The van der Waals surface area contributed by atoms with E-state index in [1.807, 2.05) is 36.4 Å². The highest BCUT2D eigenvalue weighted by Crippen LogP contribution is 2.69. The monoisotopic (exact) mass is 668 g/mol. The van der Waals surface area contributed by atoms with E-state index in [2.05, 4.69) is 4.98 Å². The standard InChI is InChI=1S/C33H24ClF3N2O4S2/c34-17-10-8-15(9-11-17)14-43-22-7-2-1-6-19(22)23-24-20-13-21(27(24)44-29-28(23)45-32(42)38-29)26-25(20)30(40)39(31(26)41)18-5-3-4-16(12-18)33(35,36)37/h1-12,20-21,23-27H,13-14H2,(H,38,42)/t20-,21-,23?,24?,25?,26?,27?/m1/s1. The Morgan fingerprint density at radius 1 is 0.933 bits per heavy atom. The number of carbonyl (C=O) groups excluding carboxylic acids is 2. The van der Waals surface area contributed by atoms with Gasteiger partial charge in [-0.3, -0.25) is 19.3 Å². The number of anilines is 1. The second-order valence-electron chi connectivity index (χ2n) is 12.0. The van der Waals surface area contributed by atoms with Gasteiger partial charge in [-0.15, -0.1) is 11.8 Å². The predicted molar refractivity (Wildman–Crippen MR) is 165 cm³/mol. The minimum Gasteiger partial charge on any atom is -0.489 e. The number of nitrogens with zero attached hydrogens (tertiary/aromatic N) is 1. The maximum absolute atomic E-state index is 14.0. The predicted octanol–water partition coefficient (Wildman–Crippen LogP) is 7.37. The van der Waals surface area contributed by atoms with E-state index in [1.165, 1.54) is 12.1 Å². The van der Waals surface area contributed by atoms with Crippen LogP contribution in [-0.2, 0) is 22.4 Å². The molecule has 4 aliphatic rings. The third kappa shape index (κ3) is 4.57. The van der Waals surface area contributed by atoms with Crippen LogP contribution in [0.1, 0.15) is 33.9 Å². The Bertz CT molecular complexity index is 1910. The lowest BCUT2D eigenvalue weighted by atomic mass is 9.68. The van der Waals surface area contributed by atoms with Crippen molar-refractivity contribution in [1.82, 2.24) is 4.98 Å². The molecule has 7 atom stereocenters. The van der Waals surface area contributed by atoms with Crippen molar-refractivity contribution in [1.29, 1.82) is 0 Å². The second-order valence-corrected chi connectivity index (χ2v) is 14.6. The van der Waals surface area contributed by atoms with Crippen LogP contribution in [0.2, 0.25) is 5.02 Å². The molecule has 230 valence electrons. The molecule has 6 nitrogen and oxygen atoms in total. The average molecular weight is 669 g/mol. The van der Waals surface area contributed by atoms with Gasteiger partial charge >= 0.3 is 11.0 Å². The van der Waals surface area contributed by atoms with Crippen molar-refractivity contribution in [3.05, 3.63) is 109 Å². The molecule has 12 heteroatoms. The zero-order valence-electron chi connectivity index (χ0n) is 23.3. The summed E-state index contributed by atoms with van der Waals surface area (Å²) in [5.41, 5.74) is 0.873. The molecule has 3 heterocycles. The van der Waals surface area contributed by atoms with Crippen molar-refractivity contribution in [2.75, 3.05) is 4.90 Å². The molecule has 4 aromatic rings. The molecular weight excluding hydrogens is 645 g/mol. The summed E-state index contributed by atoms with van der Waals surface area (Å²) >= 11 is 8.76. The molecule has 2 saturated carbocycles. The largest absolute Gasteiger partial charge is 0.489 e. The molecule has 2 aliphatic carbocycles. The lowest BCUT2D eigenvalue weighted by Gasteiger charge is -2.43. The normalized spacial score (nSPS) is 28.3. The molecule has 1 aromatic heterocycles. The fourth-order valence-electron chi connectivity index (χ4n) is 8.05. The van der Waals surface area contributed by atoms with Crippen molar-refractivity contribution < 1.29 is 27.5 Å². The maximum Gasteiger partial charge on any atom is 0.416 e. The smallest absolute Gasteiger partial charge is 0.416 e. The summed E-state index contributed by atoms with van der Waals surface area (Å²) < 4.78 is 46.9. The molecule has 2 bridgehead atoms. The van der Waals surface area contributed by atoms with Crippen LogP contribution in [0.3, 0.4) is 0 Å². The Hall–Kier alpha value is -3.54. The van der Waals surface area contributed by atoms with Gasteiger partial charge in [0.15, 0.2) is 0 Å². The van der Waals surface area contributed by atoms with Crippen molar-refractivity contribution >= 4 is 52.2 Å². The van der Waals surface area contributed by atoms with Gasteiger partial charge in [-0.2, -0.15) is 13.2 Å². The number of alkyl halides is 3. The zero-order chi connectivity index (χ0) is 31.2. The van der Waals surface area contributed by atoms with E-state index in [0.29, 0.717) is 23.8 Å². The first-order valence-electron chi connectivity index (χ1n) is 14.5. The summed E-state index contributed by atoms with van der Waals surface area (Å²) in [5, 5.41) is 1.32. The number of hydrogen-bond acceptors (Lipinski definition) is 6. The molecule has 45 heavy (non-hydrogen) atoms. The van der Waals surface area contributed by atoms with E-state index in [0.717, 1.165) is 49.4 Å². The van der Waals surface area contributed by atoms with Gasteiger partial charge in [0.25, 0.3) is 0 Å². The molecule has 2 aliphatic heterocycles. The molecule has 1 saturated heterocycles. The van der Waals surface area contributed by atoms with Gasteiger partial charge in [-0.25, -0.2) is 0 Å². The van der Waals surface area contributed by atoms with Crippen LogP contribution < -0.4 is 14.5 Å². The van der Waals surface area contributed by atoms with Crippen LogP contribution in [0.4, 0.5) is 18.9 Å². The van der Waals surface area contributed by atoms with Gasteiger partial charge in [-0.1, -0.05) is 59.3 Å². The summed E-state index contributed by atoms with van der Waals surface area (Å²) in [6, 6.07) is 19.5. The van der Waals surface area contributed by atoms with E-state index < -0.39 is 35.4 Å². The van der Waals surface area contributed by atoms with Gasteiger partial charge in [-0.05, 0) is 66.1 Å². The number of benzene rings is 3. The van der Waals surface area contributed by atoms with Crippen LogP contribution in [0.25, 0.3) is 0 Å². The Labute approximate surface area is 268 Å². The number of carbonyl (C=O) groups is 2. The van der Waals surface area contributed by atoms with Crippen LogP contribution in [0.5, 0.6) is 5.75 Å². The molecule has 3 aromatic carbocycles. The Kier molecular flexibility index (Phi) is 6.74. The van der Waals surface area contributed by atoms with Crippen LogP contribution in [-0.4, -0.2) is 22.0 Å². The van der Waals surface area contributed by atoms with E-state index in [4.69, 9.17) is 16.3 Å². The maximum atomic E-state index is 14.0. The summed E-state index contributed by atoms with van der Waals surface area (Å²) in [6.07, 6.45) is -3.94. The number of ether oxygens (including phenoxy) is 1. The topological polar surface area (TPSA) is 79.5 Å². The number of nitrogens with one attached hydrogen (secondary N) is 1. The van der Waals surface area contributed by atoms with Crippen molar-refractivity contribution in [3.8, 4) is 5.75 Å². The minimum absolute atomic E-state index is 0.0508. The highest BCUT2D eigenvalue weighted by Gasteiger charge is 2.70. The number of para-hydroxylation sites is 1. The van der Waals surface area contributed by atoms with Gasteiger partial charge in [0.2, 0.25) is 11.8 Å². The lowest BCUT2D eigenvalue weighted by molar-refractivity contribution is -0.137. The van der Waals surface area contributed by atoms with E-state index >= 15 is 0 Å². The average Bonchev–Trinajstić information content (AvgIpc) is 3.75. The number of H-pyrrole nitrogens is 1. The number of imide groups is 1. The molecule has 1 N–H and O–H groups in total. The summed E-state index contributed by atoms with van der Waals surface area (Å²) in [5.74, 6) is -2.18. The Morgan fingerprint density at radius 3 is 2.42 bits per heavy atom. The molecular formula is C33H24ClF3N2O4S2. The lowest BCUT2D eigenvalue weighted by Crippen LogP contribution is -2.42. The number of hydrogen-bond donors (Lipinski definition) is 1. The first-order chi connectivity index (χ1) is 21.6. The van der Waals surface area contributed by atoms with Gasteiger partial charge in [0.1, 0.15) is 12.4 Å². The number of thioether (sulfide) groups is 1. The minimum atomic E-state index is -4.60. The van der Waals surface area contributed by atoms with Gasteiger partial charge in [0.05, 0.1) is 28.1 Å². The van der Waals surface area contributed by atoms with E-state index in [1.54, 1.807) is 23.9 Å². The molecule has 3 fully saturated rings. The van der Waals surface area contributed by atoms with Gasteiger partial charge in [0, 0.05) is 26.6 Å². The molecule has 0 spiro atoms. The first kappa shape index (κ1) is 28.9. The van der Waals surface area contributed by atoms with Crippen LogP contribution in [0, 0.1) is 29.6 Å². The number of aromatic amines is 1. The van der Waals surface area contributed by atoms with Crippen LogP contribution >= 0.6 is 34.7 Å². The number of rotatable bonds is 5. The van der Waals surface area contributed by atoms with Crippen LogP contribution in [0.15, 0.2) is 82.6 Å². The third-order valence-corrected chi connectivity index (χ3v) is 12.6. The highest BCUT2D eigenvalue weighted by atomic mass is 35.5. The number of thiazole rings is 1. The van der Waals surface area contributed by atoms with E-state index in [9.17, 15) is 27.6 Å². The summed E-state index contributed by atoms with van der Waals surface area (Å²) in [7, 11) is 0. The van der Waals surface area contributed by atoms with Crippen molar-refractivity contribution in [2.45, 2.75) is 35.4 Å². The number of amides is 2. The Morgan fingerprint density at radius 2 is 1.67 bits per heavy atom. The molecule has 5 unspecified atom stereocenters. The number of halogens is 4. The zero-order valence-corrected chi connectivity index (χ0v) is 25.7. The van der Waals surface area contributed by atoms with Crippen molar-refractivity contribution in [3.63, 3.8) is 0 Å². The molecule has 8 rings (SSSR count). The molecule has 2 amide bonds. The third-order valence-electron chi connectivity index (χ3n) is 9.72.